The van der Waals surface area contributed by atoms with Gasteiger partial charge in [0.1, 0.15) is 23.0 Å². The highest BCUT2D eigenvalue weighted by atomic mass is 16.5. The summed E-state index contributed by atoms with van der Waals surface area (Å²) in [6.07, 6.45) is 0. The number of benzene rings is 2. The molecule has 142 valence electrons. The van der Waals surface area contributed by atoms with Crippen LogP contribution in [0.2, 0.25) is 0 Å². The Labute approximate surface area is 155 Å². The summed E-state index contributed by atoms with van der Waals surface area (Å²) in [5.41, 5.74) is 1.67. The van der Waals surface area contributed by atoms with Gasteiger partial charge in [-0.1, -0.05) is 0 Å². The first kappa shape index (κ1) is 19.9. The zero-order valence-corrected chi connectivity index (χ0v) is 15.9. The van der Waals surface area contributed by atoms with Crippen LogP contribution in [0.15, 0.2) is 36.4 Å². The van der Waals surface area contributed by atoms with Crippen molar-refractivity contribution in [3.05, 3.63) is 47.5 Å². The molecule has 0 aliphatic carbocycles. The number of rotatable bonds is 9. The molecule has 0 aliphatic heterocycles. The van der Waals surface area contributed by atoms with Crippen LogP contribution in [-0.2, 0) is 13.1 Å². The van der Waals surface area contributed by atoms with Crippen molar-refractivity contribution in [1.82, 2.24) is 9.80 Å². The largest absolute Gasteiger partial charge is 0.508 e. The quantitative estimate of drug-likeness (QED) is 0.717. The van der Waals surface area contributed by atoms with Crippen LogP contribution in [0.3, 0.4) is 0 Å². The average molecular weight is 360 g/mol. The van der Waals surface area contributed by atoms with Gasteiger partial charge in [-0.25, -0.2) is 0 Å². The molecule has 0 amide bonds. The van der Waals surface area contributed by atoms with Gasteiger partial charge in [0.15, 0.2) is 0 Å². The number of likely N-dealkylation sites (N-methyl/N-ethyl adjacent to an activating group) is 2. The smallest absolute Gasteiger partial charge is 0.120 e. The minimum Gasteiger partial charge on any atom is -0.508 e. The van der Waals surface area contributed by atoms with E-state index in [4.69, 9.17) is 9.47 Å². The fourth-order valence-electron chi connectivity index (χ4n) is 2.71. The van der Waals surface area contributed by atoms with Crippen LogP contribution in [-0.4, -0.2) is 61.4 Å². The monoisotopic (exact) mass is 360 g/mol. The molecule has 0 saturated carbocycles. The molecule has 0 bridgehead atoms. The third kappa shape index (κ3) is 5.54. The Morgan fingerprint density at radius 1 is 0.731 bits per heavy atom. The molecule has 0 radical (unpaired) electrons. The molecule has 0 saturated heterocycles. The molecule has 0 unspecified atom stereocenters. The fraction of sp³-hybridized carbons (Fsp3) is 0.400. The van der Waals surface area contributed by atoms with Crippen LogP contribution in [0.25, 0.3) is 0 Å². The number of phenolic OH excluding ortho intramolecular Hbond substituents is 2. The second kappa shape index (κ2) is 9.31. The van der Waals surface area contributed by atoms with Gasteiger partial charge in [0.2, 0.25) is 0 Å². The average Bonchev–Trinajstić information content (AvgIpc) is 2.63. The lowest BCUT2D eigenvalue weighted by atomic mass is 10.1. The molecule has 26 heavy (non-hydrogen) atoms. The first-order chi connectivity index (χ1) is 12.4. The highest BCUT2D eigenvalue weighted by Gasteiger charge is 2.10. The van der Waals surface area contributed by atoms with Crippen molar-refractivity contribution in [3.8, 4) is 23.0 Å². The maximum absolute atomic E-state index is 10.00. The number of hydrogen-bond donors (Lipinski definition) is 2. The van der Waals surface area contributed by atoms with E-state index in [9.17, 15) is 10.2 Å². The number of aromatic hydroxyl groups is 2. The summed E-state index contributed by atoms with van der Waals surface area (Å²) in [6, 6.07) is 10.5. The van der Waals surface area contributed by atoms with E-state index < -0.39 is 0 Å². The predicted octanol–water partition coefficient (Wildman–Crippen LogP) is 2.68. The third-order valence-electron chi connectivity index (χ3n) is 4.32. The second-order valence-electron chi connectivity index (χ2n) is 6.46. The number of hydrogen-bond acceptors (Lipinski definition) is 6. The number of phenols is 2. The van der Waals surface area contributed by atoms with Gasteiger partial charge in [-0.3, -0.25) is 0 Å². The molecule has 0 aliphatic rings. The third-order valence-corrected chi connectivity index (χ3v) is 4.32. The van der Waals surface area contributed by atoms with E-state index in [2.05, 4.69) is 9.80 Å². The molecule has 0 heterocycles. The maximum Gasteiger partial charge on any atom is 0.120 e. The summed E-state index contributed by atoms with van der Waals surface area (Å²) in [5.74, 6) is 2.01. The van der Waals surface area contributed by atoms with E-state index in [1.807, 2.05) is 26.2 Å². The van der Waals surface area contributed by atoms with Gasteiger partial charge in [0, 0.05) is 37.3 Å². The molecule has 2 aromatic carbocycles. The lowest BCUT2D eigenvalue weighted by molar-refractivity contribution is 0.243. The number of nitrogens with zero attached hydrogens (tertiary/aromatic N) is 2. The molecule has 6 nitrogen and oxygen atoms in total. The topological polar surface area (TPSA) is 65.4 Å². The number of methoxy groups -OCH3 is 2. The summed E-state index contributed by atoms with van der Waals surface area (Å²) in [7, 11) is 7.25. The normalized spacial score (nSPS) is 11.2. The lowest BCUT2D eigenvalue weighted by Gasteiger charge is -2.23. The molecule has 6 heteroatoms. The van der Waals surface area contributed by atoms with Gasteiger partial charge in [-0.05, 0) is 50.5 Å². The zero-order chi connectivity index (χ0) is 19.1. The van der Waals surface area contributed by atoms with E-state index >= 15 is 0 Å². The standard InChI is InChI=1S/C20H28N2O4/c1-21(13-15-11-17(25-3)5-7-19(15)23)9-10-22(2)14-16-12-18(26-4)6-8-20(16)24/h5-8,11-12,23-24H,9-10,13-14H2,1-4H3. The van der Waals surface area contributed by atoms with Crippen molar-refractivity contribution in [1.29, 1.82) is 0 Å². The Kier molecular flexibility index (Phi) is 7.12. The summed E-state index contributed by atoms with van der Waals surface area (Å²) >= 11 is 0. The van der Waals surface area contributed by atoms with Crippen LogP contribution >= 0.6 is 0 Å². The Hall–Kier alpha value is -2.44. The van der Waals surface area contributed by atoms with Crippen molar-refractivity contribution in [2.75, 3.05) is 41.4 Å². The van der Waals surface area contributed by atoms with Crippen LogP contribution in [0, 0.1) is 0 Å². The van der Waals surface area contributed by atoms with Gasteiger partial charge in [-0.2, -0.15) is 0 Å². The SMILES string of the molecule is COc1ccc(O)c(CN(C)CCN(C)Cc2cc(OC)ccc2O)c1. The summed E-state index contributed by atoms with van der Waals surface area (Å²) < 4.78 is 10.4. The highest BCUT2D eigenvalue weighted by molar-refractivity contribution is 5.40. The molecule has 0 aromatic heterocycles. The maximum atomic E-state index is 10.00. The highest BCUT2D eigenvalue weighted by Crippen LogP contribution is 2.25. The van der Waals surface area contributed by atoms with E-state index in [0.717, 1.165) is 35.7 Å². The van der Waals surface area contributed by atoms with Crippen LogP contribution < -0.4 is 9.47 Å². The first-order valence-electron chi connectivity index (χ1n) is 8.51. The minimum absolute atomic E-state index is 0.271. The van der Waals surface area contributed by atoms with Crippen molar-refractivity contribution < 1.29 is 19.7 Å². The Balaban J connectivity index is 1.88. The molecular formula is C20H28N2O4. The molecule has 0 fully saturated rings. The van der Waals surface area contributed by atoms with Crippen molar-refractivity contribution in [2.45, 2.75) is 13.1 Å². The van der Waals surface area contributed by atoms with E-state index in [0.29, 0.717) is 13.1 Å². The summed E-state index contributed by atoms with van der Waals surface area (Å²) in [4.78, 5) is 4.27. The van der Waals surface area contributed by atoms with Crippen molar-refractivity contribution >= 4 is 0 Å². The molecule has 2 rings (SSSR count). The first-order valence-corrected chi connectivity index (χ1v) is 8.51. The van der Waals surface area contributed by atoms with Gasteiger partial charge in [0.05, 0.1) is 14.2 Å². The summed E-state index contributed by atoms with van der Waals surface area (Å²) in [5, 5.41) is 20.0. The molecular weight excluding hydrogens is 332 g/mol. The second-order valence-corrected chi connectivity index (χ2v) is 6.46. The predicted molar refractivity (Wildman–Crippen MR) is 102 cm³/mol. The van der Waals surface area contributed by atoms with Crippen LogP contribution in [0.4, 0.5) is 0 Å². The molecule has 0 atom stereocenters. The van der Waals surface area contributed by atoms with Gasteiger partial charge in [0.25, 0.3) is 0 Å². The van der Waals surface area contributed by atoms with E-state index in [-0.39, 0.29) is 11.5 Å². The molecule has 2 aromatic rings. The van der Waals surface area contributed by atoms with Crippen LogP contribution in [0.5, 0.6) is 23.0 Å². The Bertz CT molecular complexity index is 659. The molecule has 0 spiro atoms. The van der Waals surface area contributed by atoms with Crippen LogP contribution in [0.1, 0.15) is 11.1 Å². The minimum atomic E-state index is 0.271. The number of ether oxygens (including phenoxy) is 2. The van der Waals surface area contributed by atoms with Gasteiger partial charge in [-0.15, -0.1) is 0 Å². The van der Waals surface area contributed by atoms with E-state index in [1.165, 1.54) is 0 Å². The van der Waals surface area contributed by atoms with Gasteiger partial charge >= 0.3 is 0 Å². The molecule has 2 N–H and O–H groups in total. The Morgan fingerprint density at radius 3 is 1.46 bits per heavy atom. The van der Waals surface area contributed by atoms with Crippen molar-refractivity contribution in [3.63, 3.8) is 0 Å². The fourth-order valence-corrected chi connectivity index (χ4v) is 2.71. The zero-order valence-electron chi connectivity index (χ0n) is 15.9. The van der Waals surface area contributed by atoms with Gasteiger partial charge < -0.3 is 29.5 Å². The summed E-state index contributed by atoms with van der Waals surface area (Å²) in [6.45, 7) is 2.89. The van der Waals surface area contributed by atoms with E-state index in [1.54, 1.807) is 38.5 Å². The van der Waals surface area contributed by atoms with Crippen molar-refractivity contribution in [2.24, 2.45) is 0 Å². The Morgan fingerprint density at radius 2 is 1.12 bits per heavy atom. The lowest BCUT2D eigenvalue weighted by Crippen LogP contribution is -2.30.